The van der Waals surface area contributed by atoms with Gasteiger partial charge in [-0.25, -0.2) is 0 Å². The first-order chi connectivity index (χ1) is 4.13. The van der Waals surface area contributed by atoms with E-state index in [1.54, 1.807) is 13.8 Å². The summed E-state index contributed by atoms with van der Waals surface area (Å²) in [7, 11) is 0. The molecule has 0 unspecified atom stereocenters. The van der Waals surface area contributed by atoms with Gasteiger partial charge < -0.3 is 5.32 Å². The molecule has 1 N–H and O–H groups in total. The lowest BCUT2D eigenvalue weighted by atomic mass is 10.2. The molecule has 9 heavy (non-hydrogen) atoms. The molecule has 3 nitrogen and oxygen atoms in total. The molecule has 0 spiro atoms. The van der Waals surface area contributed by atoms with Gasteiger partial charge in [-0.1, -0.05) is 0 Å². The van der Waals surface area contributed by atoms with Gasteiger partial charge in [0, 0.05) is 11.3 Å². The maximum atomic E-state index is 10.6. The van der Waals surface area contributed by atoms with E-state index in [-0.39, 0.29) is 0 Å². The number of allylic oxidation sites excluding steroid dienone is 1. The number of nitrogens with one attached hydrogen (secondary N) is 1. The van der Waals surface area contributed by atoms with Crippen molar-refractivity contribution in [1.29, 1.82) is 0 Å². The molecule has 0 aromatic rings. The molecular formula is C6H7NO2. The molecule has 0 fully saturated rings. The molecule has 0 aromatic carbocycles. The minimum absolute atomic E-state index is 0.410. The van der Waals surface area contributed by atoms with Crippen LogP contribution < -0.4 is 5.32 Å². The summed E-state index contributed by atoms with van der Waals surface area (Å²) in [6, 6.07) is 0. The van der Waals surface area contributed by atoms with Crippen molar-refractivity contribution in [3.05, 3.63) is 11.3 Å². The molecule has 1 heterocycles. The number of carbonyl (C=O) groups excluding carboxylic acids is 2. The van der Waals surface area contributed by atoms with Crippen molar-refractivity contribution in [2.45, 2.75) is 13.8 Å². The second-order valence-electron chi connectivity index (χ2n) is 2.03. The van der Waals surface area contributed by atoms with Crippen molar-refractivity contribution in [2.75, 3.05) is 0 Å². The monoisotopic (exact) mass is 125 g/mol. The van der Waals surface area contributed by atoms with Gasteiger partial charge in [0.2, 0.25) is 5.78 Å². The Labute approximate surface area is 52.7 Å². The molecule has 0 atom stereocenters. The number of amides is 1. The summed E-state index contributed by atoms with van der Waals surface area (Å²) in [5.41, 5.74) is 1.20. The van der Waals surface area contributed by atoms with Crippen LogP contribution in [0.25, 0.3) is 0 Å². The number of rotatable bonds is 0. The van der Waals surface area contributed by atoms with Gasteiger partial charge in [0.15, 0.2) is 0 Å². The molecule has 1 aliphatic rings. The minimum Gasteiger partial charge on any atom is -0.323 e. The zero-order valence-electron chi connectivity index (χ0n) is 5.32. The van der Waals surface area contributed by atoms with Crippen molar-refractivity contribution < 1.29 is 9.59 Å². The Morgan fingerprint density at radius 3 is 1.89 bits per heavy atom. The number of ketones is 1. The summed E-state index contributed by atoms with van der Waals surface area (Å²) in [4.78, 5) is 21.1. The molecule has 1 rings (SSSR count). The van der Waals surface area contributed by atoms with Gasteiger partial charge in [0.25, 0.3) is 5.91 Å². The van der Waals surface area contributed by atoms with Crippen molar-refractivity contribution in [2.24, 2.45) is 0 Å². The maximum absolute atomic E-state index is 10.6. The predicted octanol–water partition coefficient (Wildman–Crippen LogP) is -0.0208. The van der Waals surface area contributed by atoms with E-state index >= 15 is 0 Å². The Bertz CT molecular complexity index is 212. The van der Waals surface area contributed by atoms with Gasteiger partial charge in [0.1, 0.15) is 0 Å². The summed E-state index contributed by atoms with van der Waals surface area (Å²) >= 11 is 0. The first-order valence-corrected chi connectivity index (χ1v) is 2.66. The number of hydrogen-bond donors (Lipinski definition) is 1. The second kappa shape index (κ2) is 1.69. The standard InChI is InChI=1S/C6H7NO2/c1-3-4(2)7-6(9)5(3)8/h1-2H3,(H,7,8,9). The number of Topliss-reactive ketones (excluding diaryl/α,β-unsaturated/α-hetero) is 1. The third-order valence-corrected chi connectivity index (χ3v) is 1.41. The van der Waals surface area contributed by atoms with Crippen LogP contribution in [0.5, 0.6) is 0 Å². The molecule has 0 radical (unpaired) electrons. The average Bonchev–Trinajstić information content (AvgIpc) is 1.98. The van der Waals surface area contributed by atoms with E-state index in [0.29, 0.717) is 11.3 Å². The quantitative estimate of drug-likeness (QED) is 0.462. The fourth-order valence-corrected chi connectivity index (χ4v) is 0.661. The predicted molar refractivity (Wildman–Crippen MR) is 31.5 cm³/mol. The van der Waals surface area contributed by atoms with Crippen molar-refractivity contribution >= 4 is 11.7 Å². The van der Waals surface area contributed by atoms with Gasteiger partial charge >= 0.3 is 0 Å². The number of carbonyl (C=O) groups is 2. The lowest BCUT2D eigenvalue weighted by Crippen LogP contribution is -2.20. The van der Waals surface area contributed by atoms with E-state index in [9.17, 15) is 9.59 Å². The number of hydrogen-bond acceptors (Lipinski definition) is 2. The fraction of sp³-hybridized carbons (Fsp3) is 0.333. The van der Waals surface area contributed by atoms with Crippen LogP contribution in [0.3, 0.4) is 0 Å². The van der Waals surface area contributed by atoms with Crippen LogP contribution in [0.4, 0.5) is 0 Å². The molecule has 0 saturated carbocycles. The first kappa shape index (κ1) is 6.01. The molecule has 0 aliphatic carbocycles. The molecule has 0 bridgehead atoms. The SMILES string of the molecule is CC1=C(C)C(=O)C(=O)N1. The Morgan fingerprint density at radius 1 is 1.22 bits per heavy atom. The van der Waals surface area contributed by atoms with E-state index in [0.717, 1.165) is 0 Å². The molecule has 3 heteroatoms. The van der Waals surface area contributed by atoms with Crippen molar-refractivity contribution in [3.63, 3.8) is 0 Å². The molecule has 1 amide bonds. The molecule has 0 aromatic heterocycles. The van der Waals surface area contributed by atoms with Gasteiger partial charge in [-0.3, -0.25) is 9.59 Å². The summed E-state index contributed by atoms with van der Waals surface area (Å²) in [5, 5.41) is 2.41. The van der Waals surface area contributed by atoms with E-state index in [2.05, 4.69) is 5.32 Å². The third-order valence-electron chi connectivity index (χ3n) is 1.41. The zero-order valence-corrected chi connectivity index (χ0v) is 5.32. The lowest BCUT2D eigenvalue weighted by molar-refractivity contribution is -0.134. The van der Waals surface area contributed by atoms with Gasteiger partial charge in [-0.05, 0) is 13.8 Å². The van der Waals surface area contributed by atoms with E-state index in [1.807, 2.05) is 0 Å². The van der Waals surface area contributed by atoms with Crippen LogP contribution in [0.2, 0.25) is 0 Å². The summed E-state index contributed by atoms with van der Waals surface area (Å²) in [6.07, 6.45) is 0. The topological polar surface area (TPSA) is 46.2 Å². The molecule has 1 aliphatic heterocycles. The van der Waals surface area contributed by atoms with Crippen LogP contribution in [0.1, 0.15) is 13.8 Å². The van der Waals surface area contributed by atoms with Crippen LogP contribution >= 0.6 is 0 Å². The maximum Gasteiger partial charge on any atom is 0.296 e. The van der Waals surface area contributed by atoms with Gasteiger partial charge in [-0.2, -0.15) is 0 Å². The Morgan fingerprint density at radius 2 is 1.78 bits per heavy atom. The third kappa shape index (κ3) is 0.740. The fourth-order valence-electron chi connectivity index (χ4n) is 0.661. The first-order valence-electron chi connectivity index (χ1n) is 2.66. The minimum atomic E-state index is -0.509. The Hall–Kier alpha value is -1.12. The second-order valence-corrected chi connectivity index (χ2v) is 2.03. The average molecular weight is 125 g/mol. The zero-order chi connectivity index (χ0) is 7.02. The van der Waals surface area contributed by atoms with Crippen molar-refractivity contribution in [1.82, 2.24) is 5.32 Å². The van der Waals surface area contributed by atoms with Crippen molar-refractivity contribution in [3.8, 4) is 0 Å². The highest BCUT2D eigenvalue weighted by Crippen LogP contribution is 2.07. The van der Waals surface area contributed by atoms with Gasteiger partial charge in [-0.15, -0.1) is 0 Å². The molecule has 0 saturated heterocycles. The smallest absolute Gasteiger partial charge is 0.296 e. The van der Waals surface area contributed by atoms with Crippen LogP contribution in [0, 0.1) is 0 Å². The highest BCUT2D eigenvalue weighted by molar-refractivity contribution is 6.45. The Balaban J connectivity index is 3.01. The van der Waals surface area contributed by atoms with Crippen LogP contribution in [0.15, 0.2) is 11.3 Å². The summed E-state index contributed by atoms with van der Waals surface area (Å²) < 4.78 is 0. The van der Waals surface area contributed by atoms with Gasteiger partial charge in [0.05, 0.1) is 0 Å². The summed E-state index contributed by atoms with van der Waals surface area (Å²) in [6.45, 7) is 3.34. The van der Waals surface area contributed by atoms with E-state index in [4.69, 9.17) is 0 Å². The van der Waals surface area contributed by atoms with Crippen LogP contribution in [-0.2, 0) is 9.59 Å². The van der Waals surface area contributed by atoms with E-state index < -0.39 is 11.7 Å². The highest BCUT2D eigenvalue weighted by Gasteiger charge is 2.24. The highest BCUT2D eigenvalue weighted by atomic mass is 16.2. The molecular weight excluding hydrogens is 118 g/mol. The summed E-state index contributed by atoms with van der Waals surface area (Å²) in [5.74, 6) is -0.919. The van der Waals surface area contributed by atoms with Crippen LogP contribution in [-0.4, -0.2) is 11.7 Å². The normalized spacial score (nSPS) is 18.9. The van der Waals surface area contributed by atoms with E-state index in [1.165, 1.54) is 0 Å². The molecule has 48 valence electrons. The Kier molecular flexibility index (Phi) is 1.12. The lowest BCUT2D eigenvalue weighted by Gasteiger charge is -1.87. The largest absolute Gasteiger partial charge is 0.323 e.